The molecule has 0 radical (unpaired) electrons. The van der Waals surface area contributed by atoms with E-state index < -0.39 is 0 Å². The second kappa shape index (κ2) is 9.49. The third-order valence-electron chi connectivity index (χ3n) is 6.11. The molecular weight excluding hydrogens is 426 g/mol. The number of nitrogens with two attached hydrogens (primary N) is 1. The standard InChI is InChI=1S/C27H29N5O2/c1-16-9-10-18(14-28)11-21(16)26(33)30-17(2)22-13-24(31-23-8-6-5-7-20(22)23)19-12-25(27(34)29-3)32(4)15-19/h5-13,15,17H,14,28H2,1-4H3,(H,29,34)(H,30,33)/t17-/m1/s1. The van der Waals surface area contributed by atoms with Crippen molar-refractivity contribution in [2.45, 2.75) is 26.4 Å². The molecule has 0 unspecified atom stereocenters. The number of amides is 2. The van der Waals surface area contributed by atoms with Crippen molar-refractivity contribution < 1.29 is 9.59 Å². The van der Waals surface area contributed by atoms with Gasteiger partial charge in [0.2, 0.25) is 0 Å². The Labute approximate surface area is 199 Å². The zero-order chi connectivity index (χ0) is 24.4. The van der Waals surface area contributed by atoms with Crippen LogP contribution in [0.4, 0.5) is 0 Å². The SMILES string of the molecule is CNC(=O)c1cc(-c2cc([C@@H](C)NC(=O)c3cc(CN)ccc3C)c3ccccc3n2)cn1C. The normalized spacial score (nSPS) is 11.9. The highest BCUT2D eigenvalue weighted by Crippen LogP contribution is 2.30. The van der Waals surface area contributed by atoms with E-state index in [9.17, 15) is 9.59 Å². The molecule has 0 spiro atoms. The average molecular weight is 456 g/mol. The number of rotatable bonds is 6. The second-order valence-electron chi connectivity index (χ2n) is 8.47. The second-order valence-corrected chi connectivity index (χ2v) is 8.47. The Morgan fingerprint density at radius 1 is 1.09 bits per heavy atom. The number of carbonyl (C=O) groups is 2. The third kappa shape index (κ3) is 4.43. The van der Waals surface area contributed by atoms with E-state index in [4.69, 9.17) is 10.7 Å². The maximum atomic E-state index is 13.1. The van der Waals surface area contributed by atoms with E-state index in [0.29, 0.717) is 17.8 Å². The zero-order valence-electron chi connectivity index (χ0n) is 19.8. The molecule has 4 aromatic rings. The van der Waals surface area contributed by atoms with Crippen LogP contribution in [0.2, 0.25) is 0 Å². The summed E-state index contributed by atoms with van der Waals surface area (Å²) in [6.45, 7) is 4.26. The minimum atomic E-state index is -0.276. The number of nitrogens with one attached hydrogen (secondary N) is 2. The Hall–Kier alpha value is -3.97. The fourth-order valence-electron chi connectivity index (χ4n) is 4.16. The molecular formula is C27H29N5O2. The number of aryl methyl sites for hydroxylation is 2. The molecule has 2 aromatic carbocycles. The van der Waals surface area contributed by atoms with Gasteiger partial charge in [-0.3, -0.25) is 9.59 Å². The van der Waals surface area contributed by atoms with Crippen molar-refractivity contribution in [2.24, 2.45) is 12.8 Å². The fourth-order valence-corrected chi connectivity index (χ4v) is 4.16. The summed E-state index contributed by atoms with van der Waals surface area (Å²) in [6.07, 6.45) is 1.89. The van der Waals surface area contributed by atoms with Crippen LogP contribution >= 0.6 is 0 Å². The predicted octanol–water partition coefficient (Wildman–Crippen LogP) is 3.86. The van der Waals surface area contributed by atoms with Gasteiger partial charge in [-0.05, 0) is 54.8 Å². The number of para-hydroxylation sites is 1. The summed E-state index contributed by atoms with van der Waals surface area (Å²) < 4.78 is 1.78. The molecule has 0 saturated heterocycles. The van der Waals surface area contributed by atoms with Crippen LogP contribution in [-0.4, -0.2) is 28.4 Å². The molecule has 0 aliphatic heterocycles. The van der Waals surface area contributed by atoms with Crippen LogP contribution in [0.25, 0.3) is 22.2 Å². The number of nitrogens with zero attached hydrogens (tertiary/aromatic N) is 2. The van der Waals surface area contributed by atoms with Crippen molar-refractivity contribution in [2.75, 3.05) is 7.05 Å². The maximum absolute atomic E-state index is 13.1. The van der Waals surface area contributed by atoms with Gasteiger partial charge in [0.25, 0.3) is 11.8 Å². The van der Waals surface area contributed by atoms with Gasteiger partial charge in [-0.1, -0.05) is 30.3 Å². The Kier molecular flexibility index (Phi) is 6.47. The van der Waals surface area contributed by atoms with Crippen LogP contribution < -0.4 is 16.4 Å². The molecule has 0 saturated carbocycles. The molecule has 2 heterocycles. The topological polar surface area (TPSA) is 102 Å². The fraction of sp³-hybridized carbons (Fsp3) is 0.222. The number of benzene rings is 2. The molecule has 1 atom stereocenters. The highest BCUT2D eigenvalue weighted by molar-refractivity contribution is 5.97. The number of carbonyl (C=O) groups excluding carboxylic acids is 2. The largest absolute Gasteiger partial charge is 0.354 e. The molecule has 34 heavy (non-hydrogen) atoms. The minimum absolute atomic E-state index is 0.149. The van der Waals surface area contributed by atoms with Crippen LogP contribution in [0.1, 0.15) is 50.5 Å². The van der Waals surface area contributed by atoms with Crippen LogP contribution in [0.3, 0.4) is 0 Å². The number of pyridine rings is 1. The van der Waals surface area contributed by atoms with Gasteiger partial charge < -0.3 is 20.9 Å². The number of fused-ring (bicyclic) bond motifs is 1. The van der Waals surface area contributed by atoms with E-state index in [-0.39, 0.29) is 17.9 Å². The lowest BCUT2D eigenvalue weighted by Crippen LogP contribution is -2.27. The van der Waals surface area contributed by atoms with Crippen LogP contribution in [0.15, 0.2) is 60.8 Å². The first-order chi connectivity index (χ1) is 16.3. The number of hydrogen-bond donors (Lipinski definition) is 3. The molecule has 0 fully saturated rings. The summed E-state index contributed by atoms with van der Waals surface area (Å²) in [5.41, 5.74) is 12.1. The smallest absolute Gasteiger partial charge is 0.267 e. The maximum Gasteiger partial charge on any atom is 0.267 e. The average Bonchev–Trinajstić information content (AvgIpc) is 3.24. The molecule has 7 heteroatoms. The first-order valence-corrected chi connectivity index (χ1v) is 11.2. The van der Waals surface area contributed by atoms with Crippen LogP contribution in [0.5, 0.6) is 0 Å². The molecule has 2 aromatic heterocycles. The molecule has 0 bridgehead atoms. The first kappa shape index (κ1) is 23.2. The molecule has 7 nitrogen and oxygen atoms in total. The highest BCUT2D eigenvalue weighted by atomic mass is 16.2. The Bertz CT molecular complexity index is 1390. The van der Waals surface area contributed by atoms with Gasteiger partial charge in [0.15, 0.2) is 0 Å². The van der Waals surface area contributed by atoms with E-state index >= 15 is 0 Å². The minimum Gasteiger partial charge on any atom is -0.354 e. The van der Waals surface area contributed by atoms with Crippen molar-refractivity contribution >= 4 is 22.7 Å². The van der Waals surface area contributed by atoms with Gasteiger partial charge in [-0.25, -0.2) is 4.98 Å². The quantitative estimate of drug-likeness (QED) is 0.411. The van der Waals surface area contributed by atoms with E-state index in [1.807, 2.05) is 81.7 Å². The summed E-state index contributed by atoms with van der Waals surface area (Å²) in [5, 5.41) is 6.77. The van der Waals surface area contributed by atoms with Gasteiger partial charge in [-0.2, -0.15) is 0 Å². The van der Waals surface area contributed by atoms with Gasteiger partial charge in [0.1, 0.15) is 5.69 Å². The lowest BCUT2D eigenvalue weighted by Gasteiger charge is -2.18. The van der Waals surface area contributed by atoms with Gasteiger partial charge in [0.05, 0.1) is 17.3 Å². The summed E-state index contributed by atoms with van der Waals surface area (Å²) in [6, 6.07) is 17.1. The van der Waals surface area contributed by atoms with Crippen LogP contribution in [0, 0.1) is 6.92 Å². The van der Waals surface area contributed by atoms with Crippen molar-refractivity contribution in [3.05, 3.63) is 88.7 Å². The van der Waals surface area contributed by atoms with Crippen molar-refractivity contribution in [3.63, 3.8) is 0 Å². The summed E-state index contributed by atoms with van der Waals surface area (Å²) in [5.74, 6) is -0.310. The zero-order valence-corrected chi connectivity index (χ0v) is 19.8. The number of hydrogen-bond acceptors (Lipinski definition) is 4. The third-order valence-corrected chi connectivity index (χ3v) is 6.11. The van der Waals surface area contributed by atoms with Crippen LogP contribution in [-0.2, 0) is 13.6 Å². The summed E-state index contributed by atoms with van der Waals surface area (Å²) in [7, 11) is 3.44. The number of aromatic nitrogens is 2. The monoisotopic (exact) mass is 455 g/mol. The molecule has 4 N–H and O–H groups in total. The van der Waals surface area contributed by atoms with Crippen molar-refractivity contribution in [1.82, 2.24) is 20.2 Å². The van der Waals surface area contributed by atoms with E-state index in [1.54, 1.807) is 11.6 Å². The summed E-state index contributed by atoms with van der Waals surface area (Å²) in [4.78, 5) is 30.2. The van der Waals surface area contributed by atoms with Gasteiger partial charge >= 0.3 is 0 Å². The molecule has 2 amide bonds. The van der Waals surface area contributed by atoms with Crippen molar-refractivity contribution in [1.29, 1.82) is 0 Å². The van der Waals surface area contributed by atoms with Gasteiger partial charge in [-0.15, -0.1) is 0 Å². The van der Waals surface area contributed by atoms with E-state index in [2.05, 4.69) is 10.6 Å². The van der Waals surface area contributed by atoms with Gasteiger partial charge in [0, 0.05) is 43.4 Å². The first-order valence-electron chi connectivity index (χ1n) is 11.2. The lowest BCUT2D eigenvalue weighted by atomic mass is 9.99. The highest BCUT2D eigenvalue weighted by Gasteiger charge is 2.19. The Morgan fingerprint density at radius 2 is 1.85 bits per heavy atom. The van der Waals surface area contributed by atoms with Crippen molar-refractivity contribution in [3.8, 4) is 11.3 Å². The van der Waals surface area contributed by atoms with E-state index in [1.165, 1.54) is 0 Å². The Morgan fingerprint density at radius 3 is 2.59 bits per heavy atom. The lowest BCUT2D eigenvalue weighted by molar-refractivity contribution is 0.0936. The molecule has 0 aliphatic rings. The molecule has 0 aliphatic carbocycles. The Balaban J connectivity index is 1.74. The summed E-state index contributed by atoms with van der Waals surface area (Å²) >= 11 is 0. The molecule has 4 rings (SSSR count). The molecule has 174 valence electrons. The predicted molar refractivity (Wildman–Crippen MR) is 134 cm³/mol. The van der Waals surface area contributed by atoms with E-state index in [0.717, 1.165) is 38.9 Å².